The molecule has 0 saturated heterocycles. The summed E-state index contributed by atoms with van der Waals surface area (Å²) in [6, 6.07) is 6.54. The van der Waals surface area contributed by atoms with Crippen LogP contribution in [0.2, 0.25) is 0 Å². The molecule has 0 unspecified atom stereocenters. The molecule has 2 aliphatic rings. The molecular formula is C25H31N3O2. The summed E-state index contributed by atoms with van der Waals surface area (Å²) < 4.78 is 1.80. The molecule has 158 valence electrons. The van der Waals surface area contributed by atoms with Crippen LogP contribution in [0.1, 0.15) is 43.1 Å². The molecule has 2 aromatic rings. The topological polar surface area (TPSA) is 45.6 Å². The molecule has 1 aliphatic carbocycles. The first-order chi connectivity index (χ1) is 14.4. The summed E-state index contributed by atoms with van der Waals surface area (Å²) in [7, 11) is 1.88. The van der Waals surface area contributed by atoms with E-state index in [4.69, 9.17) is 0 Å². The first-order valence-electron chi connectivity index (χ1n) is 10.9. The Hall–Kier alpha value is -2.66. The number of carbonyl (C=O) groups is 2. The average molecular weight is 406 g/mol. The van der Waals surface area contributed by atoms with Gasteiger partial charge in [0, 0.05) is 50.2 Å². The Balaban J connectivity index is 1.86. The van der Waals surface area contributed by atoms with Gasteiger partial charge in [0.1, 0.15) is 0 Å². The van der Waals surface area contributed by atoms with Gasteiger partial charge in [-0.25, -0.2) is 0 Å². The number of fused-ring (bicyclic) bond motifs is 2. The molecule has 4 rings (SSSR count). The van der Waals surface area contributed by atoms with Gasteiger partial charge in [0.25, 0.3) is 0 Å². The van der Waals surface area contributed by atoms with Crippen LogP contribution >= 0.6 is 0 Å². The Morgan fingerprint density at radius 3 is 2.77 bits per heavy atom. The van der Waals surface area contributed by atoms with Crippen LogP contribution in [0.15, 0.2) is 43.1 Å². The highest BCUT2D eigenvalue weighted by atomic mass is 16.2. The van der Waals surface area contributed by atoms with Gasteiger partial charge in [0.15, 0.2) is 0 Å². The highest BCUT2D eigenvalue weighted by Crippen LogP contribution is 2.42. The van der Waals surface area contributed by atoms with Crippen LogP contribution in [-0.4, -0.2) is 58.4 Å². The molecule has 0 N–H and O–H groups in total. The van der Waals surface area contributed by atoms with Crippen molar-refractivity contribution in [2.45, 2.75) is 45.7 Å². The molecule has 0 bridgehead atoms. The zero-order valence-electron chi connectivity index (χ0n) is 18.4. The van der Waals surface area contributed by atoms with Crippen molar-refractivity contribution in [3.8, 4) is 0 Å². The van der Waals surface area contributed by atoms with Gasteiger partial charge in [-0.05, 0) is 43.0 Å². The molecule has 0 spiro atoms. The first kappa shape index (κ1) is 20.6. The summed E-state index contributed by atoms with van der Waals surface area (Å²) in [4.78, 5) is 29.9. The van der Waals surface area contributed by atoms with Gasteiger partial charge in [-0.3, -0.25) is 19.1 Å². The largest absolute Gasteiger partial charge is 0.343 e. The molecule has 5 nitrogen and oxygen atoms in total. The Morgan fingerprint density at radius 1 is 1.33 bits per heavy atom. The molecule has 2 heterocycles. The third kappa shape index (κ3) is 3.21. The minimum Gasteiger partial charge on any atom is -0.343 e. The Bertz CT molecular complexity index is 1050. The third-order valence-corrected chi connectivity index (χ3v) is 6.62. The summed E-state index contributed by atoms with van der Waals surface area (Å²) in [5.74, 6) is 0.0818. The summed E-state index contributed by atoms with van der Waals surface area (Å²) >= 11 is 0. The zero-order chi connectivity index (χ0) is 21.6. The summed E-state index contributed by atoms with van der Waals surface area (Å²) in [5, 5.41) is 1.16. The van der Waals surface area contributed by atoms with E-state index in [1.807, 2.05) is 57.1 Å². The monoisotopic (exact) mass is 405 g/mol. The van der Waals surface area contributed by atoms with Gasteiger partial charge in [-0.15, -0.1) is 6.58 Å². The van der Waals surface area contributed by atoms with E-state index in [2.05, 4.69) is 23.6 Å². The molecular weight excluding hydrogens is 374 g/mol. The number of carbonyl (C=O) groups excluding carboxylic acids is 2. The lowest BCUT2D eigenvalue weighted by molar-refractivity contribution is -0.135. The van der Waals surface area contributed by atoms with Crippen LogP contribution in [0.4, 0.5) is 0 Å². The third-order valence-electron chi connectivity index (χ3n) is 6.62. The number of hydrogen-bond donors (Lipinski definition) is 0. The summed E-state index contributed by atoms with van der Waals surface area (Å²) in [6.07, 6.45) is 7.44. The van der Waals surface area contributed by atoms with Gasteiger partial charge < -0.3 is 4.90 Å². The van der Waals surface area contributed by atoms with E-state index in [1.165, 1.54) is 11.1 Å². The lowest BCUT2D eigenvalue weighted by Gasteiger charge is -2.42. The van der Waals surface area contributed by atoms with Crippen LogP contribution in [0.5, 0.6) is 0 Å². The molecule has 1 amide bonds. The fraction of sp³-hybridized carbons (Fsp3) is 0.440. The predicted octanol–water partition coefficient (Wildman–Crippen LogP) is 3.98. The summed E-state index contributed by atoms with van der Waals surface area (Å²) in [6.45, 7) is 11.3. The molecule has 0 radical (unpaired) electrons. The molecule has 30 heavy (non-hydrogen) atoms. The van der Waals surface area contributed by atoms with Crippen molar-refractivity contribution in [1.29, 1.82) is 0 Å². The number of rotatable bonds is 5. The van der Waals surface area contributed by atoms with Crippen molar-refractivity contribution in [3.05, 3.63) is 54.3 Å². The number of amides is 1. The van der Waals surface area contributed by atoms with E-state index in [0.717, 1.165) is 29.4 Å². The molecule has 2 atom stereocenters. The van der Waals surface area contributed by atoms with Crippen LogP contribution in [-0.2, 0) is 11.2 Å². The number of benzene rings is 1. The minimum absolute atomic E-state index is 0.108. The molecule has 1 aliphatic heterocycles. The Morgan fingerprint density at radius 2 is 2.10 bits per heavy atom. The Labute approximate surface area is 178 Å². The van der Waals surface area contributed by atoms with Gasteiger partial charge in [-0.2, -0.15) is 0 Å². The van der Waals surface area contributed by atoms with E-state index in [9.17, 15) is 9.59 Å². The van der Waals surface area contributed by atoms with Crippen molar-refractivity contribution < 1.29 is 9.59 Å². The second-order valence-corrected chi connectivity index (χ2v) is 8.71. The molecule has 0 fully saturated rings. The van der Waals surface area contributed by atoms with Crippen LogP contribution < -0.4 is 0 Å². The van der Waals surface area contributed by atoms with E-state index in [0.29, 0.717) is 13.0 Å². The maximum Gasteiger partial charge on any atom is 0.230 e. The SMILES string of the molecule is C=CCN1C[C@H](C(=O)N(C)C(C)C)C=C2c3cccc4c3c(cn4C(=O)CC)C[C@H]21. The van der Waals surface area contributed by atoms with E-state index in [1.54, 1.807) is 4.57 Å². The number of nitrogens with zero attached hydrogens (tertiary/aromatic N) is 3. The van der Waals surface area contributed by atoms with Crippen LogP contribution in [0.3, 0.4) is 0 Å². The first-order valence-corrected chi connectivity index (χ1v) is 10.9. The van der Waals surface area contributed by atoms with E-state index in [-0.39, 0.29) is 29.8 Å². The highest BCUT2D eigenvalue weighted by molar-refractivity contribution is 6.03. The second-order valence-electron chi connectivity index (χ2n) is 8.71. The molecule has 1 aromatic carbocycles. The van der Waals surface area contributed by atoms with Crippen molar-refractivity contribution in [2.75, 3.05) is 20.1 Å². The standard InChI is InChI=1S/C25H31N3O2/c1-6-11-27-14-18(25(30)26(5)16(3)4)12-20-19-9-8-10-21-24(19)17(13-22(20)27)15-28(21)23(29)7-2/h6,8-10,12,15-16,18,22H,1,7,11,13-14H2,2-5H3/t18-,22-/m1/s1. The average Bonchev–Trinajstić information content (AvgIpc) is 3.12. The fourth-order valence-electron chi connectivity index (χ4n) is 4.85. The zero-order valence-corrected chi connectivity index (χ0v) is 18.4. The maximum atomic E-state index is 13.2. The van der Waals surface area contributed by atoms with Crippen molar-refractivity contribution in [3.63, 3.8) is 0 Å². The van der Waals surface area contributed by atoms with Crippen molar-refractivity contribution in [2.24, 2.45) is 5.92 Å². The summed E-state index contributed by atoms with van der Waals surface area (Å²) in [5.41, 5.74) is 4.54. The van der Waals surface area contributed by atoms with Crippen molar-refractivity contribution in [1.82, 2.24) is 14.4 Å². The van der Waals surface area contributed by atoms with E-state index >= 15 is 0 Å². The lowest BCUT2D eigenvalue weighted by atomic mass is 9.79. The smallest absolute Gasteiger partial charge is 0.230 e. The predicted molar refractivity (Wildman–Crippen MR) is 121 cm³/mol. The van der Waals surface area contributed by atoms with Gasteiger partial charge in [0.05, 0.1) is 11.4 Å². The molecule has 1 aromatic heterocycles. The lowest BCUT2D eigenvalue weighted by Crippen LogP contribution is -2.49. The molecule has 0 saturated carbocycles. The van der Waals surface area contributed by atoms with Crippen LogP contribution in [0, 0.1) is 5.92 Å². The van der Waals surface area contributed by atoms with Crippen molar-refractivity contribution >= 4 is 28.3 Å². The molecule has 5 heteroatoms. The minimum atomic E-state index is -0.181. The van der Waals surface area contributed by atoms with Gasteiger partial charge >= 0.3 is 0 Å². The van der Waals surface area contributed by atoms with E-state index < -0.39 is 0 Å². The second kappa shape index (κ2) is 7.88. The number of aromatic nitrogens is 1. The van der Waals surface area contributed by atoms with Crippen LogP contribution in [0.25, 0.3) is 16.5 Å². The maximum absolute atomic E-state index is 13.2. The number of hydrogen-bond acceptors (Lipinski definition) is 3. The quantitative estimate of drug-likeness (QED) is 0.707. The normalized spacial score (nSPS) is 20.8. The highest BCUT2D eigenvalue weighted by Gasteiger charge is 2.38. The fourth-order valence-corrected chi connectivity index (χ4v) is 4.85. The van der Waals surface area contributed by atoms with Gasteiger partial charge in [0.2, 0.25) is 11.8 Å². The van der Waals surface area contributed by atoms with Gasteiger partial charge in [-0.1, -0.05) is 31.2 Å². The Kier molecular flexibility index (Phi) is 5.41.